The molecule has 0 saturated carbocycles. The maximum atomic E-state index is 12.4. The molecule has 0 saturated heterocycles. The van der Waals surface area contributed by atoms with Crippen molar-refractivity contribution < 1.29 is 0 Å². The molecule has 2 heteroatoms. The summed E-state index contributed by atoms with van der Waals surface area (Å²) in [5, 5.41) is 0. The lowest BCUT2D eigenvalue weighted by Gasteiger charge is -2.14. The van der Waals surface area contributed by atoms with Crippen molar-refractivity contribution in [3.63, 3.8) is 0 Å². The van der Waals surface area contributed by atoms with Crippen molar-refractivity contribution in [3.8, 4) is 11.3 Å². The Morgan fingerprint density at radius 1 is 0.857 bits per heavy atom. The number of rotatable bonds is 3. The standard InChI is InChI=1S/C19H17NO/c1-15-12-18(17-10-6-3-7-11-17)20(19(21)13-15)14-16-8-4-2-5-9-16/h2-13H,14H2,1H3. The summed E-state index contributed by atoms with van der Waals surface area (Å²) in [6.45, 7) is 2.55. The van der Waals surface area contributed by atoms with E-state index in [0.29, 0.717) is 6.54 Å². The fourth-order valence-corrected chi connectivity index (χ4v) is 2.50. The zero-order chi connectivity index (χ0) is 14.7. The van der Waals surface area contributed by atoms with Gasteiger partial charge in [-0.2, -0.15) is 0 Å². The molecule has 2 nitrogen and oxygen atoms in total. The van der Waals surface area contributed by atoms with E-state index in [4.69, 9.17) is 0 Å². The fourth-order valence-electron chi connectivity index (χ4n) is 2.50. The van der Waals surface area contributed by atoms with Crippen molar-refractivity contribution in [1.82, 2.24) is 4.57 Å². The van der Waals surface area contributed by atoms with Gasteiger partial charge in [0, 0.05) is 6.07 Å². The molecule has 0 spiro atoms. The minimum Gasteiger partial charge on any atom is -0.304 e. The third-order valence-corrected chi connectivity index (χ3v) is 3.53. The SMILES string of the molecule is Cc1cc(-c2ccccc2)n(Cc2ccccc2)c(=O)c1. The number of hydrogen-bond acceptors (Lipinski definition) is 1. The zero-order valence-corrected chi connectivity index (χ0v) is 12.0. The molecule has 0 unspecified atom stereocenters. The average molecular weight is 275 g/mol. The smallest absolute Gasteiger partial charge is 0.251 e. The first-order valence-electron chi connectivity index (χ1n) is 7.05. The van der Waals surface area contributed by atoms with Gasteiger partial charge in [0.05, 0.1) is 12.2 Å². The predicted molar refractivity (Wildman–Crippen MR) is 86.4 cm³/mol. The highest BCUT2D eigenvalue weighted by molar-refractivity contribution is 5.60. The Morgan fingerprint density at radius 3 is 2.14 bits per heavy atom. The van der Waals surface area contributed by atoms with Gasteiger partial charge in [-0.1, -0.05) is 60.7 Å². The van der Waals surface area contributed by atoms with Crippen LogP contribution in [0, 0.1) is 6.92 Å². The summed E-state index contributed by atoms with van der Waals surface area (Å²) >= 11 is 0. The Bertz CT molecular complexity index is 789. The zero-order valence-electron chi connectivity index (χ0n) is 12.0. The highest BCUT2D eigenvalue weighted by atomic mass is 16.1. The van der Waals surface area contributed by atoms with Crippen LogP contribution < -0.4 is 5.56 Å². The Balaban J connectivity index is 2.13. The normalized spacial score (nSPS) is 10.5. The molecule has 0 amide bonds. The van der Waals surface area contributed by atoms with Gasteiger partial charge < -0.3 is 4.57 Å². The van der Waals surface area contributed by atoms with Crippen LogP contribution in [0.2, 0.25) is 0 Å². The van der Waals surface area contributed by atoms with Gasteiger partial charge in [-0.25, -0.2) is 0 Å². The highest BCUT2D eigenvalue weighted by Gasteiger charge is 2.08. The summed E-state index contributed by atoms with van der Waals surface area (Å²) in [5.74, 6) is 0. The highest BCUT2D eigenvalue weighted by Crippen LogP contribution is 2.19. The molecular weight excluding hydrogens is 258 g/mol. The lowest BCUT2D eigenvalue weighted by Crippen LogP contribution is -2.22. The van der Waals surface area contributed by atoms with E-state index in [9.17, 15) is 4.79 Å². The van der Waals surface area contributed by atoms with Crippen LogP contribution in [0.4, 0.5) is 0 Å². The lowest BCUT2D eigenvalue weighted by molar-refractivity contribution is 0.766. The number of aromatic nitrogens is 1. The van der Waals surface area contributed by atoms with Crippen molar-refractivity contribution in [2.75, 3.05) is 0 Å². The molecule has 2 aromatic carbocycles. The summed E-state index contributed by atoms with van der Waals surface area (Å²) in [6, 6.07) is 23.9. The van der Waals surface area contributed by atoms with Crippen LogP contribution in [0.3, 0.4) is 0 Å². The number of nitrogens with zero attached hydrogens (tertiary/aromatic N) is 1. The maximum absolute atomic E-state index is 12.4. The molecule has 0 bridgehead atoms. The summed E-state index contributed by atoms with van der Waals surface area (Å²) in [7, 11) is 0. The molecule has 1 aromatic heterocycles. The Kier molecular flexibility index (Phi) is 3.69. The topological polar surface area (TPSA) is 22.0 Å². The van der Waals surface area contributed by atoms with Crippen molar-refractivity contribution >= 4 is 0 Å². The molecule has 0 aliphatic heterocycles. The first kappa shape index (κ1) is 13.4. The molecule has 1 heterocycles. The number of aryl methyl sites for hydroxylation is 1. The first-order chi connectivity index (χ1) is 10.2. The van der Waals surface area contributed by atoms with Gasteiger partial charge in [0.25, 0.3) is 5.56 Å². The van der Waals surface area contributed by atoms with Crippen LogP contribution >= 0.6 is 0 Å². The summed E-state index contributed by atoms with van der Waals surface area (Å²) in [5.41, 5.74) is 4.18. The van der Waals surface area contributed by atoms with Crippen molar-refractivity contribution in [2.45, 2.75) is 13.5 Å². The van der Waals surface area contributed by atoms with Crippen LogP contribution in [-0.4, -0.2) is 4.57 Å². The van der Waals surface area contributed by atoms with E-state index in [1.54, 1.807) is 6.07 Å². The largest absolute Gasteiger partial charge is 0.304 e. The van der Waals surface area contributed by atoms with Gasteiger partial charge in [0.15, 0.2) is 0 Å². The van der Waals surface area contributed by atoms with E-state index < -0.39 is 0 Å². The summed E-state index contributed by atoms with van der Waals surface area (Å²) in [4.78, 5) is 12.4. The third kappa shape index (κ3) is 2.95. The summed E-state index contributed by atoms with van der Waals surface area (Å²) < 4.78 is 1.83. The number of benzene rings is 2. The predicted octanol–water partition coefficient (Wildman–Crippen LogP) is 3.87. The molecule has 0 N–H and O–H groups in total. The van der Waals surface area contributed by atoms with Gasteiger partial charge in [-0.15, -0.1) is 0 Å². The van der Waals surface area contributed by atoms with Gasteiger partial charge in [-0.3, -0.25) is 4.79 Å². The van der Waals surface area contributed by atoms with Gasteiger partial charge in [-0.05, 0) is 29.7 Å². The van der Waals surface area contributed by atoms with E-state index in [1.165, 1.54) is 0 Å². The molecule has 104 valence electrons. The minimum absolute atomic E-state index is 0.0395. The molecule has 0 atom stereocenters. The van der Waals surface area contributed by atoms with E-state index >= 15 is 0 Å². The fraction of sp³-hybridized carbons (Fsp3) is 0.105. The summed E-state index contributed by atoms with van der Waals surface area (Å²) in [6.07, 6.45) is 0. The third-order valence-electron chi connectivity index (χ3n) is 3.53. The Morgan fingerprint density at radius 2 is 1.48 bits per heavy atom. The van der Waals surface area contributed by atoms with E-state index in [2.05, 4.69) is 6.07 Å². The van der Waals surface area contributed by atoms with Crippen LogP contribution in [-0.2, 0) is 6.54 Å². The van der Waals surface area contributed by atoms with E-state index in [-0.39, 0.29) is 5.56 Å². The van der Waals surface area contributed by atoms with Gasteiger partial charge in [0.1, 0.15) is 0 Å². The van der Waals surface area contributed by atoms with Gasteiger partial charge >= 0.3 is 0 Å². The minimum atomic E-state index is 0.0395. The molecule has 3 rings (SSSR count). The van der Waals surface area contributed by atoms with Crippen molar-refractivity contribution in [2.24, 2.45) is 0 Å². The molecule has 0 fully saturated rings. The molecule has 0 radical (unpaired) electrons. The van der Waals surface area contributed by atoms with E-state index in [0.717, 1.165) is 22.4 Å². The second-order valence-corrected chi connectivity index (χ2v) is 5.19. The second kappa shape index (κ2) is 5.80. The average Bonchev–Trinajstić information content (AvgIpc) is 2.51. The quantitative estimate of drug-likeness (QED) is 0.711. The van der Waals surface area contributed by atoms with Crippen molar-refractivity contribution in [1.29, 1.82) is 0 Å². The second-order valence-electron chi connectivity index (χ2n) is 5.19. The van der Waals surface area contributed by atoms with Crippen LogP contribution in [0.1, 0.15) is 11.1 Å². The van der Waals surface area contributed by atoms with Crippen LogP contribution in [0.25, 0.3) is 11.3 Å². The lowest BCUT2D eigenvalue weighted by atomic mass is 10.1. The molecule has 0 aliphatic rings. The Hall–Kier alpha value is -2.61. The Labute approximate surface area is 124 Å². The molecular formula is C19H17NO. The monoisotopic (exact) mass is 275 g/mol. The number of pyridine rings is 1. The van der Waals surface area contributed by atoms with Crippen LogP contribution in [0.15, 0.2) is 77.6 Å². The van der Waals surface area contributed by atoms with Crippen LogP contribution in [0.5, 0.6) is 0 Å². The van der Waals surface area contributed by atoms with E-state index in [1.807, 2.05) is 72.2 Å². The number of hydrogen-bond donors (Lipinski definition) is 0. The maximum Gasteiger partial charge on any atom is 0.251 e. The molecule has 3 aromatic rings. The first-order valence-corrected chi connectivity index (χ1v) is 7.05. The molecule has 21 heavy (non-hydrogen) atoms. The van der Waals surface area contributed by atoms with Crippen molar-refractivity contribution in [3.05, 3.63) is 94.3 Å². The van der Waals surface area contributed by atoms with Gasteiger partial charge in [0.2, 0.25) is 0 Å². The molecule has 0 aliphatic carbocycles.